The van der Waals surface area contributed by atoms with Gasteiger partial charge >= 0.3 is 0 Å². The van der Waals surface area contributed by atoms with Crippen LogP contribution in [0.4, 0.5) is 10.1 Å². The number of hydrogen-bond acceptors (Lipinski definition) is 5. The minimum atomic E-state index is -0.274. The molecule has 0 radical (unpaired) electrons. The molecule has 4 aromatic rings. The van der Waals surface area contributed by atoms with E-state index in [0.717, 1.165) is 21.5 Å². The molecule has 154 valence electrons. The number of aromatic nitrogens is 2. The molecule has 2 aromatic carbocycles. The lowest BCUT2D eigenvalue weighted by Crippen LogP contribution is -2.11. The predicted molar refractivity (Wildman–Crippen MR) is 115 cm³/mol. The van der Waals surface area contributed by atoms with Crippen LogP contribution in [-0.2, 0) is 6.54 Å². The zero-order chi connectivity index (χ0) is 21.3. The number of rotatable bonds is 6. The topological polar surface area (TPSA) is 65.4 Å². The zero-order valence-corrected chi connectivity index (χ0v) is 17.5. The second kappa shape index (κ2) is 8.16. The lowest BCUT2D eigenvalue weighted by molar-refractivity contribution is 0.103. The molecule has 1 amide bonds. The van der Waals surface area contributed by atoms with E-state index in [1.165, 1.54) is 23.5 Å². The number of aryl methyl sites for hydroxylation is 1. The summed E-state index contributed by atoms with van der Waals surface area (Å²) < 4.78 is 25.6. The average molecular weight is 425 g/mol. The molecule has 2 heterocycles. The fourth-order valence-electron chi connectivity index (χ4n) is 3.19. The summed E-state index contributed by atoms with van der Waals surface area (Å²) in [6.45, 7) is 2.40. The maximum atomic E-state index is 13.2. The quantitative estimate of drug-likeness (QED) is 0.479. The number of carbonyl (C=O) groups excluding carboxylic acids is 1. The molecule has 0 spiro atoms. The molecule has 1 N–H and O–H groups in total. The molecule has 0 atom stereocenters. The van der Waals surface area contributed by atoms with Gasteiger partial charge < -0.3 is 14.8 Å². The van der Waals surface area contributed by atoms with Gasteiger partial charge in [0, 0.05) is 11.5 Å². The van der Waals surface area contributed by atoms with Crippen LogP contribution in [0, 0.1) is 12.7 Å². The van der Waals surface area contributed by atoms with Gasteiger partial charge in [0.1, 0.15) is 22.1 Å². The van der Waals surface area contributed by atoms with Crippen LogP contribution in [-0.4, -0.2) is 29.9 Å². The van der Waals surface area contributed by atoms with Crippen molar-refractivity contribution in [2.75, 3.05) is 19.5 Å². The van der Waals surface area contributed by atoms with Crippen LogP contribution in [0.5, 0.6) is 11.5 Å². The third-order valence-electron chi connectivity index (χ3n) is 4.73. The largest absolute Gasteiger partial charge is 0.497 e. The van der Waals surface area contributed by atoms with E-state index in [2.05, 4.69) is 10.4 Å². The first kappa shape index (κ1) is 19.9. The first-order valence-corrected chi connectivity index (χ1v) is 10.0. The molecule has 30 heavy (non-hydrogen) atoms. The first-order valence-electron chi connectivity index (χ1n) is 9.23. The van der Waals surface area contributed by atoms with Crippen molar-refractivity contribution >= 4 is 33.1 Å². The Morgan fingerprint density at radius 2 is 1.90 bits per heavy atom. The maximum Gasteiger partial charge on any atom is 0.265 e. The van der Waals surface area contributed by atoms with Gasteiger partial charge in [-0.05, 0) is 42.8 Å². The summed E-state index contributed by atoms with van der Waals surface area (Å²) in [5.41, 5.74) is 2.30. The Hall–Kier alpha value is -3.39. The molecule has 0 saturated carbocycles. The van der Waals surface area contributed by atoms with E-state index < -0.39 is 0 Å². The Morgan fingerprint density at radius 3 is 2.60 bits per heavy atom. The van der Waals surface area contributed by atoms with Gasteiger partial charge in [-0.1, -0.05) is 12.1 Å². The minimum Gasteiger partial charge on any atom is -0.497 e. The highest BCUT2D eigenvalue weighted by molar-refractivity contribution is 7.20. The number of fused-ring (bicyclic) bond motifs is 1. The molecule has 0 bridgehead atoms. The number of halogens is 1. The van der Waals surface area contributed by atoms with Crippen LogP contribution in [0.25, 0.3) is 10.2 Å². The Bertz CT molecular complexity index is 1210. The summed E-state index contributed by atoms with van der Waals surface area (Å²) in [7, 11) is 3.11. The molecule has 0 fully saturated rings. The Morgan fingerprint density at radius 1 is 1.13 bits per heavy atom. The smallest absolute Gasteiger partial charge is 0.265 e. The highest BCUT2D eigenvalue weighted by atomic mass is 32.1. The third kappa shape index (κ3) is 3.86. The van der Waals surface area contributed by atoms with Gasteiger partial charge in [0.25, 0.3) is 5.91 Å². The van der Waals surface area contributed by atoms with Crippen LogP contribution >= 0.6 is 11.3 Å². The highest BCUT2D eigenvalue weighted by Gasteiger charge is 2.18. The van der Waals surface area contributed by atoms with Crippen molar-refractivity contribution in [1.82, 2.24) is 9.78 Å². The van der Waals surface area contributed by atoms with Crippen LogP contribution < -0.4 is 14.8 Å². The molecule has 0 aliphatic heterocycles. The summed E-state index contributed by atoms with van der Waals surface area (Å²) in [5.74, 6) is 0.649. The van der Waals surface area contributed by atoms with Gasteiger partial charge in [0.2, 0.25) is 0 Å². The lowest BCUT2D eigenvalue weighted by Gasteiger charge is -2.11. The van der Waals surface area contributed by atoms with Gasteiger partial charge in [0.05, 0.1) is 37.0 Å². The van der Waals surface area contributed by atoms with E-state index >= 15 is 0 Å². The summed E-state index contributed by atoms with van der Waals surface area (Å²) in [5, 5.41) is 8.38. The number of hydrogen-bond donors (Lipinski definition) is 1. The van der Waals surface area contributed by atoms with Gasteiger partial charge in [-0.2, -0.15) is 5.10 Å². The number of methoxy groups -OCH3 is 2. The summed E-state index contributed by atoms with van der Waals surface area (Å²) in [6.07, 6.45) is 0. The maximum absolute atomic E-state index is 13.2. The predicted octanol–water partition coefficient (Wildman–Crippen LogP) is 4.86. The number of amides is 1. The number of benzene rings is 2. The average Bonchev–Trinajstić information content (AvgIpc) is 3.31. The number of ether oxygens (including phenoxy) is 2. The van der Waals surface area contributed by atoms with Crippen LogP contribution in [0.15, 0.2) is 48.5 Å². The van der Waals surface area contributed by atoms with Crippen molar-refractivity contribution in [3.8, 4) is 11.5 Å². The summed E-state index contributed by atoms with van der Waals surface area (Å²) >= 11 is 1.36. The van der Waals surface area contributed by atoms with E-state index in [-0.39, 0.29) is 11.7 Å². The van der Waals surface area contributed by atoms with E-state index in [1.807, 2.05) is 17.7 Å². The molecule has 0 unspecified atom stereocenters. The van der Waals surface area contributed by atoms with Crippen molar-refractivity contribution in [1.29, 1.82) is 0 Å². The Balaban J connectivity index is 1.62. The van der Waals surface area contributed by atoms with Gasteiger partial charge in [0.15, 0.2) is 0 Å². The van der Waals surface area contributed by atoms with E-state index in [4.69, 9.17) is 9.47 Å². The molecule has 0 aliphatic carbocycles. The molecule has 4 rings (SSSR count). The standard InChI is InChI=1S/C22H20FN3O3S/c1-13-17-11-20(21(27)24-18-10-16(28-2)8-9-19(18)29-3)30-22(17)26(25-13)12-14-4-6-15(23)7-5-14/h4-11H,12H2,1-3H3,(H,24,27). The van der Waals surface area contributed by atoms with Crippen molar-refractivity contribution in [2.45, 2.75) is 13.5 Å². The zero-order valence-electron chi connectivity index (χ0n) is 16.7. The van der Waals surface area contributed by atoms with Crippen molar-refractivity contribution in [2.24, 2.45) is 0 Å². The van der Waals surface area contributed by atoms with Gasteiger partial charge in [-0.25, -0.2) is 4.39 Å². The van der Waals surface area contributed by atoms with Gasteiger partial charge in [-0.15, -0.1) is 11.3 Å². The van der Waals surface area contributed by atoms with E-state index in [0.29, 0.717) is 28.6 Å². The second-order valence-corrected chi connectivity index (χ2v) is 7.75. The van der Waals surface area contributed by atoms with Crippen LogP contribution in [0.3, 0.4) is 0 Å². The molecule has 0 aliphatic rings. The minimum absolute atomic E-state index is 0.240. The number of anilines is 1. The Labute approximate surface area is 176 Å². The fourth-order valence-corrected chi connectivity index (χ4v) is 4.25. The van der Waals surface area contributed by atoms with Crippen molar-refractivity contribution in [3.05, 3.63) is 70.5 Å². The molecular weight excluding hydrogens is 405 g/mol. The van der Waals surface area contributed by atoms with E-state index in [9.17, 15) is 9.18 Å². The Kier molecular flexibility index (Phi) is 5.41. The lowest BCUT2D eigenvalue weighted by atomic mass is 10.2. The highest BCUT2D eigenvalue weighted by Crippen LogP contribution is 2.32. The normalized spacial score (nSPS) is 10.9. The monoisotopic (exact) mass is 425 g/mol. The summed E-state index contributed by atoms with van der Waals surface area (Å²) in [6, 6.07) is 13.4. The fraction of sp³-hybridized carbons (Fsp3) is 0.182. The van der Waals surface area contributed by atoms with Crippen LogP contribution in [0.1, 0.15) is 20.9 Å². The number of nitrogens with zero attached hydrogens (tertiary/aromatic N) is 2. The van der Waals surface area contributed by atoms with E-state index in [1.54, 1.807) is 44.6 Å². The van der Waals surface area contributed by atoms with Crippen molar-refractivity contribution < 1.29 is 18.7 Å². The molecule has 2 aromatic heterocycles. The second-order valence-electron chi connectivity index (χ2n) is 6.72. The number of carbonyl (C=O) groups is 1. The third-order valence-corrected chi connectivity index (χ3v) is 5.88. The summed E-state index contributed by atoms with van der Waals surface area (Å²) in [4.78, 5) is 14.3. The van der Waals surface area contributed by atoms with Gasteiger partial charge in [-0.3, -0.25) is 9.48 Å². The molecule has 8 heteroatoms. The van der Waals surface area contributed by atoms with Crippen LogP contribution in [0.2, 0.25) is 0 Å². The van der Waals surface area contributed by atoms with Crippen molar-refractivity contribution in [3.63, 3.8) is 0 Å². The first-order chi connectivity index (χ1) is 14.5. The molecular formula is C22H20FN3O3S. The molecule has 6 nitrogen and oxygen atoms in total. The SMILES string of the molecule is COc1ccc(OC)c(NC(=O)c2cc3c(C)nn(Cc4ccc(F)cc4)c3s2)c1. The molecule has 0 saturated heterocycles. The number of nitrogens with one attached hydrogen (secondary N) is 1. The number of thiophene rings is 1.